The van der Waals surface area contributed by atoms with Crippen LogP contribution < -0.4 is 0 Å². The molecule has 3 fully saturated rings. The van der Waals surface area contributed by atoms with Crippen molar-refractivity contribution in [3.8, 4) is 0 Å². The number of ether oxygens (including phenoxy) is 1. The molecule has 8 unspecified atom stereocenters. The van der Waals surface area contributed by atoms with Crippen LogP contribution in [0.1, 0.15) is 52.4 Å². The van der Waals surface area contributed by atoms with Gasteiger partial charge in [-0.1, -0.05) is 19.9 Å². The van der Waals surface area contributed by atoms with Crippen molar-refractivity contribution in [2.24, 2.45) is 28.6 Å². The van der Waals surface area contributed by atoms with Crippen molar-refractivity contribution in [3.63, 3.8) is 0 Å². The third-order valence-corrected chi connectivity index (χ3v) is 9.15. The average Bonchev–Trinajstić information content (AvgIpc) is 3.17. The zero-order chi connectivity index (χ0) is 20.8. The zero-order valence-corrected chi connectivity index (χ0v) is 17.1. The molecule has 0 saturated heterocycles. The molecule has 0 aromatic heterocycles. The summed E-state index contributed by atoms with van der Waals surface area (Å²) in [4.78, 5) is 25.2. The number of carbonyl (C=O) groups excluding carboxylic acids is 2. The van der Waals surface area contributed by atoms with E-state index in [-0.39, 0.29) is 42.5 Å². The van der Waals surface area contributed by atoms with Crippen LogP contribution in [-0.4, -0.2) is 51.5 Å². The lowest BCUT2D eigenvalue weighted by atomic mass is 9.42. The number of ketones is 1. The maximum absolute atomic E-state index is 13.6. The summed E-state index contributed by atoms with van der Waals surface area (Å²) in [6.07, 6.45) is 5.10. The van der Waals surface area contributed by atoms with Crippen LogP contribution in [0, 0.1) is 28.6 Å². The van der Waals surface area contributed by atoms with Crippen molar-refractivity contribution < 1.29 is 29.6 Å². The van der Waals surface area contributed by atoms with Crippen LogP contribution in [0.4, 0.5) is 0 Å². The summed E-state index contributed by atoms with van der Waals surface area (Å²) in [5, 5.41) is 32.6. The van der Waals surface area contributed by atoms with Crippen LogP contribution in [0.5, 0.6) is 0 Å². The Morgan fingerprint density at radius 2 is 1.90 bits per heavy atom. The molecule has 0 aromatic rings. The number of rotatable bonds is 1. The fourth-order valence-electron chi connectivity index (χ4n) is 7.64. The van der Waals surface area contributed by atoms with Gasteiger partial charge in [-0.05, 0) is 54.9 Å². The third kappa shape index (κ3) is 2.39. The first kappa shape index (κ1) is 19.5. The maximum atomic E-state index is 13.6. The van der Waals surface area contributed by atoms with Gasteiger partial charge in [0.25, 0.3) is 0 Å². The van der Waals surface area contributed by atoms with Crippen LogP contribution in [0.25, 0.3) is 0 Å². The summed E-state index contributed by atoms with van der Waals surface area (Å²) >= 11 is 0. The molecular weight excluding hydrogens is 372 g/mol. The van der Waals surface area contributed by atoms with E-state index < -0.39 is 28.6 Å². The summed E-state index contributed by atoms with van der Waals surface area (Å²) in [6.45, 7) is 4.22. The first-order valence-corrected chi connectivity index (χ1v) is 10.8. The summed E-state index contributed by atoms with van der Waals surface area (Å²) in [7, 11) is 0. The lowest BCUT2D eigenvalue weighted by Crippen LogP contribution is -2.66. The van der Waals surface area contributed by atoms with Crippen molar-refractivity contribution in [2.75, 3.05) is 6.61 Å². The molecule has 0 radical (unpaired) electrons. The van der Waals surface area contributed by atoms with Gasteiger partial charge < -0.3 is 20.1 Å². The van der Waals surface area contributed by atoms with Gasteiger partial charge in [-0.25, -0.2) is 4.79 Å². The van der Waals surface area contributed by atoms with E-state index in [0.717, 1.165) is 24.0 Å². The second-order valence-electron chi connectivity index (χ2n) is 10.4. The molecule has 5 aliphatic rings. The number of Topliss-reactive ketones (excluding diaryl/α,β-unsaturated/α-hetero) is 1. The molecule has 0 amide bonds. The summed E-state index contributed by atoms with van der Waals surface area (Å²) < 4.78 is 5.09. The minimum Gasteiger partial charge on any atom is -0.458 e. The smallest absolute Gasteiger partial charge is 0.331 e. The molecule has 8 atom stereocenters. The number of carbonyl (C=O) groups is 2. The van der Waals surface area contributed by atoms with E-state index >= 15 is 0 Å². The molecular formula is C23H30O6. The molecule has 0 aromatic carbocycles. The highest BCUT2D eigenvalue weighted by molar-refractivity contribution is 5.89. The number of aliphatic hydroxyl groups excluding tert-OH is 2. The van der Waals surface area contributed by atoms with E-state index in [1.165, 1.54) is 6.08 Å². The van der Waals surface area contributed by atoms with Crippen molar-refractivity contribution in [3.05, 3.63) is 23.3 Å². The molecule has 5 rings (SSSR count). The van der Waals surface area contributed by atoms with E-state index in [4.69, 9.17) is 4.74 Å². The number of esters is 1. The Hall–Kier alpha value is -1.50. The second kappa shape index (κ2) is 6.02. The lowest BCUT2D eigenvalue weighted by Gasteiger charge is -2.62. The minimum atomic E-state index is -1.05. The Morgan fingerprint density at radius 3 is 2.59 bits per heavy atom. The van der Waals surface area contributed by atoms with Gasteiger partial charge in [0, 0.05) is 29.4 Å². The fourth-order valence-corrected chi connectivity index (χ4v) is 7.64. The Bertz CT molecular complexity index is 844. The highest BCUT2D eigenvalue weighted by atomic mass is 16.5. The van der Waals surface area contributed by atoms with E-state index in [2.05, 4.69) is 6.92 Å². The highest BCUT2D eigenvalue weighted by Crippen LogP contribution is 2.67. The Labute approximate surface area is 170 Å². The van der Waals surface area contributed by atoms with Crippen LogP contribution in [0.15, 0.2) is 23.3 Å². The van der Waals surface area contributed by atoms with Crippen LogP contribution in [0.3, 0.4) is 0 Å². The van der Waals surface area contributed by atoms with Crippen LogP contribution in [0.2, 0.25) is 0 Å². The first-order chi connectivity index (χ1) is 13.6. The normalized spacial score (nSPS) is 51.6. The molecule has 158 valence electrons. The Balaban J connectivity index is 1.53. The van der Waals surface area contributed by atoms with Gasteiger partial charge in [-0.3, -0.25) is 4.79 Å². The fraction of sp³-hybridized carbons (Fsp3) is 0.739. The van der Waals surface area contributed by atoms with Gasteiger partial charge in [0.15, 0.2) is 0 Å². The number of cyclic esters (lactones) is 1. The van der Waals surface area contributed by atoms with Gasteiger partial charge in [0.2, 0.25) is 0 Å². The van der Waals surface area contributed by atoms with E-state index in [1.54, 1.807) is 0 Å². The van der Waals surface area contributed by atoms with Crippen LogP contribution in [-0.2, 0) is 14.3 Å². The molecule has 0 bridgehead atoms. The summed E-state index contributed by atoms with van der Waals surface area (Å²) in [5.41, 5.74) is -0.548. The average molecular weight is 402 g/mol. The topological polar surface area (TPSA) is 104 Å². The van der Waals surface area contributed by atoms with Crippen molar-refractivity contribution in [1.29, 1.82) is 0 Å². The molecule has 6 nitrogen and oxygen atoms in total. The second-order valence-corrected chi connectivity index (χ2v) is 10.4. The van der Waals surface area contributed by atoms with Gasteiger partial charge in [-0.2, -0.15) is 0 Å². The Kier molecular flexibility index (Phi) is 4.04. The number of hydrogen-bond donors (Lipinski definition) is 3. The lowest BCUT2D eigenvalue weighted by molar-refractivity contribution is -0.207. The van der Waals surface area contributed by atoms with Crippen molar-refractivity contribution in [2.45, 2.75) is 70.2 Å². The minimum absolute atomic E-state index is 0.136. The molecule has 4 aliphatic carbocycles. The molecule has 1 heterocycles. The first-order valence-electron chi connectivity index (χ1n) is 10.8. The van der Waals surface area contributed by atoms with Crippen LogP contribution >= 0.6 is 0 Å². The molecule has 29 heavy (non-hydrogen) atoms. The number of hydrogen-bond acceptors (Lipinski definition) is 6. The Morgan fingerprint density at radius 1 is 1.14 bits per heavy atom. The van der Waals surface area contributed by atoms with E-state index in [0.29, 0.717) is 19.3 Å². The third-order valence-electron chi connectivity index (χ3n) is 9.15. The van der Waals surface area contributed by atoms with E-state index in [9.17, 15) is 24.9 Å². The summed E-state index contributed by atoms with van der Waals surface area (Å²) in [5.74, 6) is -0.565. The predicted molar refractivity (Wildman–Crippen MR) is 103 cm³/mol. The van der Waals surface area contributed by atoms with Crippen molar-refractivity contribution >= 4 is 11.8 Å². The monoisotopic (exact) mass is 402 g/mol. The highest BCUT2D eigenvalue weighted by Gasteiger charge is 2.68. The number of fused-ring (bicyclic) bond motifs is 5. The van der Waals surface area contributed by atoms with Gasteiger partial charge in [0.1, 0.15) is 12.4 Å². The molecule has 1 aliphatic heterocycles. The molecule has 0 spiro atoms. The van der Waals surface area contributed by atoms with Gasteiger partial charge in [-0.15, -0.1) is 0 Å². The quantitative estimate of drug-likeness (QED) is 0.577. The summed E-state index contributed by atoms with van der Waals surface area (Å²) in [6, 6.07) is 0. The SMILES string of the molecule is CC12CC(O)C(O)CC1CCC1C2C(=O)CC2(C)C(C3=CC(=O)OC3)=CCC12O. The predicted octanol–water partition coefficient (Wildman–Crippen LogP) is 1.67. The molecule has 3 saturated carbocycles. The number of aliphatic hydroxyl groups is 3. The maximum Gasteiger partial charge on any atom is 0.331 e. The van der Waals surface area contributed by atoms with E-state index in [1.807, 2.05) is 13.0 Å². The molecule has 3 N–H and O–H groups in total. The van der Waals surface area contributed by atoms with Gasteiger partial charge >= 0.3 is 5.97 Å². The van der Waals surface area contributed by atoms with Crippen molar-refractivity contribution in [1.82, 2.24) is 0 Å². The standard InChI is InChI=1S/C23H30O6/c1-21-9-17(25)16(24)8-13(21)3-4-15-20(21)18(26)10-22(2)14(5-6-23(15,22)28)12-7-19(27)29-11-12/h5,7,13,15-17,20,24-25,28H,3-4,6,8-11H2,1-2H3. The van der Waals surface area contributed by atoms with Gasteiger partial charge in [0.05, 0.1) is 17.8 Å². The largest absolute Gasteiger partial charge is 0.458 e. The molecule has 6 heteroatoms. The zero-order valence-electron chi connectivity index (χ0n) is 17.1.